The lowest BCUT2D eigenvalue weighted by atomic mass is 10.1. The maximum atomic E-state index is 12.7. The molecule has 0 radical (unpaired) electrons. The van der Waals surface area contributed by atoms with Crippen molar-refractivity contribution >= 4 is 11.9 Å². The predicted octanol–water partition coefficient (Wildman–Crippen LogP) is 3.15. The van der Waals surface area contributed by atoms with E-state index >= 15 is 0 Å². The van der Waals surface area contributed by atoms with Crippen molar-refractivity contribution in [1.82, 2.24) is 9.78 Å². The third-order valence-electron chi connectivity index (χ3n) is 4.85. The molecule has 0 aliphatic heterocycles. The van der Waals surface area contributed by atoms with E-state index in [1.54, 1.807) is 6.92 Å². The van der Waals surface area contributed by atoms with Crippen LogP contribution in [0.3, 0.4) is 0 Å². The molecule has 1 aromatic heterocycles. The lowest BCUT2D eigenvalue weighted by Gasteiger charge is -2.07. The van der Waals surface area contributed by atoms with Gasteiger partial charge in [0.15, 0.2) is 0 Å². The Labute approximate surface area is 167 Å². The number of aryl methyl sites for hydroxylation is 3. The fourth-order valence-electron chi connectivity index (χ4n) is 2.93. The first kappa shape index (κ1) is 20.2. The highest BCUT2D eigenvalue weighted by Gasteiger charge is 2.13. The summed E-state index contributed by atoms with van der Waals surface area (Å²) in [5.74, 6) is 0. The fraction of sp³-hybridized carbons (Fsp3) is 0.238. The Morgan fingerprint density at radius 3 is 2.48 bits per heavy atom. The molecule has 2 aromatic carbocycles. The smallest absolute Gasteiger partial charge is 0.280 e. The molecular weight excluding hydrogens is 372 g/mol. The molecule has 150 valence electrons. The topological polar surface area (TPSA) is 114 Å². The second-order valence-electron chi connectivity index (χ2n) is 6.92. The van der Waals surface area contributed by atoms with E-state index < -0.39 is 11.0 Å². The van der Waals surface area contributed by atoms with E-state index in [0.29, 0.717) is 16.8 Å². The van der Waals surface area contributed by atoms with Gasteiger partial charge in [-0.3, -0.25) is 25.0 Å². The van der Waals surface area contributed by atoms with E-state index in [1.165, 1.54) is 35.2 Å². The van der Waals surface area contributed by atoms with Gasteiger partial charge in [0.1, 0.15) is 0 Å². The van der Waals surface area contributed by atoms with Gasteiger partial charge < -0.3 is 5.11 Å². The average molecular weight is 394 g/mol. The van der Waals surface area contributed by atoms with E-state index in [2.05, 4.69) is 10.1 Å². The monoisotopic (exact) mass is 394 g/mol. The first-order valence-electron chi connectivity index (χ1n) is 9.09. The maximum Gasteiger partial charge on any atom is 0.280 e. The molecule has 2 N–H and O–H groups in total. The first-order valence-corrected chi connectivity index (χ1v) is 9.09. The van der Waals surface area contributed by atoms with Gasteiger partial charge >= 0.3 is 0 Å². The number of non-ortho nitro benzene ring substituents is 1. The average Bonchev–Trinajstić information content (AvgIpc) is 2.98. The molecule has 0 spiro atoms. The van der Waals surface area contributed by atoms with Crippen LogP contribution < -0.4 is 5.56 Å². The summed E-state index contributed by atoms with van der Waals surface area (Å²) in [7, 11) is 0. The number of hydrogen-bond acceptors (Lipinski definition) is 5. The molecule has 29 heavy (non-hydrogen) atoms. The first-order chi connectivity index (χ1) is 13.8. The fourth-order valence-corrected chi connectivity index (χ4v) is 2.93. The zero-order chi connectivity index (χ0) is 21.1. The third kappa shape index (κ3) is 4.33. The Kier molecular flexibility index (Phi) is 5.74. The highest BCUT2D eigenvalue weighted by molar-refractivity contribution is 5.80. The summed E-state index contributed by atoms with van der Waals surface area (Å²) in [5.41, 5.74) is 4.31. The number of H-pyrrole nitrogens is 1. The number of aliphatic hydroxyl groups excluding tert-OH is 1. The van der Waals surface area contributed by atoms with Crippen molar-refractivity contribution in [3.8, 4) is 5.69 Å². The van der Waals surface area contributed by atoms with Gasteiger partial charge in [0.25, 0.3) is 11.2 Å². The summed E-state index contributed by atoms with van der Waals surface area (Å²) < 4.78 is 1.47. The molecule has 3 aromatic rings. The van der Waals surface area contributed by atoms with E-state index in [1.807, 2.05) is 32.0 Å². The summed E-state index contributed by atoms with van der Waals surface area (Å²) in [6.07, 6.45) is 0.522. The molecule has 0 fully saturated rings. The SMILES string of the molecule is Cc1ccc(-n2[nH]c(C)c(C=NC[C@H](O)c3ccc([N+](=O)[O-])cc3)c2=O)cc1C. The van der Waals surface area contributed by atoms with Gasteiger partial charge in [-0.25, -0.2) is 4.68 Å². The molecule has 1 heterocycles. The molecule has 0 unspecified atom stereocenters. The van der Waals surface area contributed by atoms with Gasteiger partial charge in [-0.15, -0.1) is 0 Å². The van der Waals surface area contributed by atoms with Gasteiger partial charge in [0, 0.05) is 24.0 Å². The molecule has 0 saturated carbocycles. The van der Waals surface area contributed by atoms with Crippen LogP contribution in [0.25, 0.3) is 5.69 Å². The number of aliphatic imine (C=N–C) groups is 1. The second-order valence-corrected chi connectivity index (χ2v) is 6.92. The number of nitrogens with zero attached hydrogens (tertiary/aromatic N) is 3. The quantitative estimate of drug-likeness (QED) is 0.380. The van der Waals surface area contributed by atoms with Crippen LogP contribution in [-0.2, 0) is 0 Å². The highest BCUT2D eigenvalue weighted by atomic mass is 16.6. The Hall–Kier alpha value is -3.52. The summed E-state index contributed by atoms with van der Waals surface area (Å²) >= 11 is 0. The number of nitrogens with one attached hydrogen (secondary N) is 1. The lowest BCUT2D eigenvalue weighted by Crippen LogP contribution is -2.17. The Balaban J connectivity index is 1.77. The minimum absolute atomic E-state index is 0.0332. The lowest BCUT2D eigenvalue weighted by molar-refractivity contribution is -0.384. The van der Waals surface area contributed by atoms with Crippen LogP contribution in [0.5, 0.6) is 0 Å². The molecule has 3 rings (SSSR count). The van der Waals surface area contributed by atoms with Gasteiger partial charge in [-0.1, -0.05) is 6.07 Å². The number of aromatic amines is 1. The minimum atomic E-state index is -0.923. The molecule has 1 atom stereocenters. The van der Waals surface area contributed by atoms with Crippen LogP contribution in [0.4, 0.5) is 5.69 Å². The third-order valence-corrected chi connectivity index (χ3v) is 4.85. The zero-order valence-electron chi connectivity index (χ0n) is 16.4. The molecule has 0 bridgehead atoms. The maximum absolute atomic E-state index is 12.7. The van der Waals surface area contributed by atoms with Crippen LogP contribution in [0, 0.1) is 30.9 Å². The van der Waals surface area contributed by atoms with Gasteiger partial charge in [0.05, 0.1) is 28.8 Å². The molecule has 8 nitrogen and oxygen atoms in total. The number of nitro groups is 1. The van der Waals surface area contributed by atoms with Crippen molar-refractivity contribution in [3.05, 3.63) is 90.9 Å². The van der Waals surface area contributed by atoms with E-state index in [-0.39, 0.29) is 17.8 Å². The van der Waals surface area contributed by atoms with Gasteiger partial charge in [-0.2, -0.15) is 0 Å². The van der Waals surface area contributed by atoms with Crippen molar-refractivity contribution in [2.75, 3.05) is 6.54 Å². The van der Waals surface area contributed by atoms with Crippen LogP contribution in [0.2, 0.25) is 0 Å². The van der Waals surface area contributed by atoms with Crippen molar-refractivity contribution in [2.45, 2.75) is 26.9 Å². The van der Waals surface area contributed by atoms with Crippen LogP contribution in [0.1, 0.15) is 34.1 Å². The van der Waals surface area contributed by atoms with Gasteiger partial charge in [0.2, 0.25) is 0 Å². The largest absolute Gasteiger partial charge is 0.386 e. The van der Waals surface area contributed by atoms with Gasteiger partial charge in [-0.05, 0) is 61.7 Å². The van der Waals surface area contributed by atoms with Crippen LogP contribution >= 0.6 is 0 Å². The van der Waals surface area contributed by atoms with E-state index in [0.717, 1.165) is 16.8 Å². The molecule has 0 aliphatic rings. The van der Waals surface area contributed by atoms with Crippen LogP contribution in [0.15, 0.2) is 52.3 Å². The Morgan fingerprint density at radius 2 is 1.86 bits per heavy atom. The summed E-state index contributed by atoms with van der Waals surface area (Å²) in [4.78, 5) is 27.1. The summed E-state index contributed by atoms with van der Waals surface area (Å²) in [5, 5.41) is 24.0. The van der Waals surface area contributed by atoms with Crippen molar-refractivity contribution in [1.29, 1.82) is 0 Å². The number of rotatable bonds is 6. The second kappa shape index (κ2) is 8.24. The molecule has 8 heteroatoms. The predicted molar refractivity (Wildman–Crippen MR) is 111 cm³/mol. The standard InChI is InChI=1S/C21H22N4O4/c1-13-4-7-18(10-14(13)2)24-21(27)19(15(3)23-24)11-22-12-20(26)16-5-8-17(9-6-16)25(28)29/h4-11,20,23,26H,12H2,1-3H3/t20-/m0/s1. The number of hydrogen-bond donors (Lipinski definition) is 2. The summed E-state index contributed by atoms with van der Waals surface area (Å²) in [6, 6.07) is 11.4. The highest BCUT2D eigenvalue weighted by Crippen LogP contribution is 2.18. The van der Waals surface area contributed by atoms with Crippen molar-refractivity contribution < 1.29 is 10.0 Å². The van der Waals surface area contributed by atoms with Crippen molar-refractivity contribution in [3.63, 3.8) is 0 Å². The number of nitro benzene ring substituents is 1. The molecule has 0 amide bonds. The normalized spacial score (nSPS) is 12.4. The number of benzene rings is 2. The van der Waals surface area contributed by atoms with Crippen LogP contribution in [-0.4, -0.2) is 32.6 Å². The molecule has 0 saturated heterocycles. The number of aromatic nitrogens is 2. The minimum Gasteiger partial charge on any atom is -0.386 e. The zero-order valence-corrected chi connectivity index (χ0v) is 16.4. The summed E-state index contributed by atoms with van der Waals surface area (Å²) in [6.45, 7) is 5.82. The molecule has 0 aliphatic carbocycles. The molecular formula is C21H22N4O4. The number of aliphatic hydroxyl groups is 1. The Bertz CT molecular complexity index is 1130. The van der Waals surface area contributed by atoms with Crippen molar-refractivity contribution in [2.24, 2.45) is 4.99 Å². The van der Waals surface area contributed by atoms with E-state index in [9.17, 15) is 20.0 Å². The Morgan fingerprint density at radius 1 is 1.17 bits per heavy atom. The van der Waals surface area contributed by atoms with E-state index in [4.69, 9.17) is 0 Å².